The Kier molecular flexibility index (Phi) is 5.48. The lowest BCUT2D eigenvalue weighted by atomic mass is 9.98. The molecule has 0 bridgehead atoms. The van der Waals surface area contributed by atoms with Crippen molar-refractivity contribution in [1.29, 1.82) is 0 Å². The Morgan fingerprint density at radius 3 is 2.58 bits per heavy atom. The van der Waals surface area contributed by atoms with Crippen LogP contribution in [-0.2, 0) is 35.0 Å². The van der Waals surface area contributed by atoms with Crippen LogP contribution in [0.3, 0.4) is 0 Å². The van der Waals surface area contributed by atoms with Crippen LogP contribution < -0.4 is 10.1 Å². The van der Waals surface area contributed by atoms with Gasteiger partial charge in [-0.15, -0.1) is 0 Å². The van der Waals surface area contributed by atoms with Crippen LogP contribution >= 0.6 is 0 Å². The number of hydrogen-bond acceptors (Lipinski definition) is 10. The lowest BCUT2D eigenvalue weighted by molar-refractivity contribution is -0.156. The number of hydrogen-bond donors (Lipinski definition) is 1. The molecule has 166 valence electrons. The third-order valence-electron chi connectivity index (χ3n) is 5.04. The van der Waals surface area contributed by atoms with Crippen LogP contribution in [0.25, 0.3) is 11.2 Å². The molecule has 0 spiro atoms. The molecule has 0 aliphatic carbocycles. The lowest BCUT2D eigenvalue weighted by Gasteiger charge is -2.20. The molecule has 31 heavy (non-hydrogen) atoms. The molecule has 4 atom stereocenters. The highest BCUT2D eigenvalue weighted by Gasteiger charge is 2.53. The summed E-state index contributed by atoms with van der Waals surface area (Å²) >= 11 is 0. The largest absolute Gasteiger partial charge is 0.476 e. The number of aromatic nitrogens is 4. The summed E-state index contributed by atoms with van der Waals surface area (Å²) in [6.45, 7) is 6.10. The number of carbonyl (C=O) groups excluding carboxylic acids is 3. The van der Waals surface area contributed by atoms with Crippen molar-refractivity contribution in [2.75, 3.05) is 18.5 Å². The van der Waals surface area contributed by atoms with Gasteiger partial charge < -0.3 is 18.9 Å². The van der Waals surface area contributed by atoms with Gasteiger partial charge in [0.15, 0.2) is 11.2 Å². The van der Waals surface area contributed by atoms with Gasteiger partial charge in [0.05, 0.1) is 12.5 Å². The van der Waals surface area contributed by atoms with Crippen LogP contribution in [0, 0.1) is 5.92 Å². The van der Waals surface area contributed by atoms with E-state index in [1.54, 1.807) is 4.57 Å². The number of amides is 1. The molecular weight excluding hydrogens is 410 g/mol. The topological polar surface area (TPSA) is 144 Å². The van der Waals surface area contributed by atoms with E-state index in [-0.39, 0.29) is 30.3 Å². The summed E-state index contributed by atoms with van der Waals surface area (Å²) in [5.74, 6) is -0.458. The Hall–Kier alpha value is -3.28. The summed E-state index contributed by atoms with van der Waals surface area (Å²) in [5.41, 5.74) is 0.875. The van der Waals surface area contributed by atoms with Crippen molar-refractivity contribution in [3.05, 3.63) is 5.82 Å². The van der Waals surface area contributed by atoms with Crippen molar-refractivity contribution in [3.63, 3.8) is 0 Å². The third-order valence-corrected chi connectivity index (χ3v) is 5.04. The summed E-state index contributed by atoms with van der Waals surface area (Å²) in [7, 11) is 0. The summed E-state index contributed by atoms with van der Waals surface area (Å²) < 4.78 is 24.1. The zero-order valence-corrected chi connectivity index (χ0v) is 17.6. The van der Waals surface area contributed by atoms with Gasteiger partial charge in [0.2, 0.25) is 17.7 Å². The molecule has 12 nitrogen and oxygen atoms in total. The summed E-state index contributed by atoms with van der Waals surface area (Å²) in [4.78, 5) is 47.8. The van der Waals surface area contributed by atoms with Crippen molar-refractivity contribution in [3.8, 4) is 5.88 Å². The zero-order valence-electron chi connectivity index (χ0n) is 17.6. The van der Waals surface area contributed by atoms with E-state index in [9.17, 15) is 14.4 Å². The van der Waals surface area contributed by atoms with Crippen LogP contribution in [0.4, 0.5) is 5.95 Å². The molecule has 0 unspecified atom stereocenters. The molecule has 0 saturated carbocycles. The summed E-state index contributed by atoms with van der Waals surface area (Å²) in [6.07, 6.45) is -1.33. The van der Waals surface area contributed by atoms with E-state index in [0.717, 1.165) is 0 Å². The molecule has 2 aromatic heterocycles. The lowest BCUT2D eigenvalue weighted by Crippen LogP contribution is -2.35. The van der Waals surface area contributed by atoms with Crippen molar-refractivity contribution < 1.29 is 33.3 Å². The number of imidazole rings is 1. The zero-order chi connectivity index (χ0) is 22.3. The van der Waals surface area contributed by atoms with Crippen molar-refractivity contribution in [1.82, 2.24) is 19.5 Å². The molecule has 1 fully saturated rings. The molecule has 1 amide bonds. The van der Waals surface area contributed by atoms with Crippen LogP contribution in [-0.4, -0.2) is 62.8 Å². The maximum Gasteiger partial charge on any atom is 0.303 e. The van der Waals surface area contributed by atoms with Gasteiger partial charge in [0, 0.05) is 27.2 Å². The predicted molar refractivity (Wildman–Crippen MR) is 104 cm³/mol. The van der Waals surface area contributed by atoms with Gasteiger partial charge >= 0.3 is 11.9 Å². The molecule has 4 rings (SSSR count). The first-order valence-electron chi connectivity index (χ1n) is 9.93. The van der Waals surface area contributed by atoms with E-state index in [1.165, 1.54) is 20.8 Å². The fraction of sp³-hybridized carbons (Fsp3) is 0.579. The molecule has 1 N–H and O–H groups in total. The number of rotatable bonds is 6. The van der Waals surface area contributed by atoms with E-state index < -0.39 is 30.4 Å². The van der Waals surface area contributed by atoms with Gasteiger partial charge in [-0.2, -0.15) is 9.97 Å². The van der Waals surface area contributed by atoms with E-state index in [0.29, 0.717) is 30.0 Å². The molecule has 2 aromatic rings. The van der Waals surface area contributed by atoms with Gasteiger partial charge in [-0.25, -0.2) is 4.98 Å². The fourth-order valence-electron chi connectivity index (χ4n) is 4.02. The second-order valence-corrected chi connectivity index (χ2v) is 7.35. The minimum absolute atomic E-state index is 0.0431. The van der Waals surface area contributed by atoms with E-state index >= 15 is 0 Å². The number of ether oxygens (including phenoxy) is 4. The number of carbonyl (C=O) groups is 3. The van der Waals surface area contributed by atoms with Crippen molar-refractivity contribution in [2.24, 2.45) is 5.92 Å². The van der Waals surface area contributed by atoms with Gasteiger partial charge in [-0.05, 0) is 6.92 Å². The standard InChI is InChI=1S/C19H23N5O7/c1-5-28-17-14-16(22-19(23-17)20-8(2)25)24-13(21-14)6-11-15(30-10(4)27)12(31-18(11)24)7-29-9(3)26/h11-12,15,18H,5-7H2,1-4H3,(H,20,22,23,25)/t11-,12+,15-,18+/m0/s1. The summed E-state index contributed by atoms with van der Waals surface area (Å²) in [6, 6.07) is 0. The van der Waals surface area contributed by atoms with Gasteiger partial charge in [0.1, 0.15) is 30.9 Å². The predicted octanol–water partition coefficient (Wildman–Crippen LogP) is 0.748. The Balaban J connectivity index is 1.74. The van der Waals surface area contributed by atoms with E-state index in [4.69, 9.17) is 18.9 Å². The Labute approximate surface area is 177 Å². The first-order chi connectivity index (χ1) is 14.8. The van der Waals surface area contributed by atoms with Crippen LogP contribution in [0.1, 0.15) is 39.7 Å². The first-order valence-corrected chi connectivity index (χ1v) is 9.93. The quantitative estimate of drug-likeness (QED) is 0.648. The Morgan fingerprint density at radius 1 is 1.16 bits per heavy atom. The summed E-state index contributed by atoms with van der Waals surface area (Å²) in [5, 5.41) is 2.56. The number of nitrogens with one attached hydrogen (secondary N) is 1. The maximum atomic E-state index is 11.7. The molecule has 4 heterocycles. The van der Waals surface area contributed by atoms with E-state index in [1.807, 2.05) is 6.92 Å². The van der Waals surface area contributed by atoms with Crippen LogP contribution in [0.2, 0.25) is 0 Å². The molecule has 2 aliphatic heterocycles. The van der Waals surface area contributed by atoms with Crippen molar-refractivity contribution >= 4 is 35.0 Å². The number of fused-ring (bicyclic) bond motifs is 5. The molecule has 2 aliphatic rings. The Bertz CT molecular complexity index is 1050. The van der Waals surface area contributed by atoms with Crippen molar-refractivity contribution in [2.45, 2.75) is 52.6 Å². The van der Waals surface area contributed by atoms with Crippen LogP contribution in [0.5, 0.6) is 5.88 Å². The average Bonchev–Trinajstić information content (AvgIpc) is 3.29. The third kappa shape index (κ3) is 3.90. The molecule has 12 heteroatoms. The molecule has 1 saturated heterocycles. The number of anilines is 1. The second kappa shape index (κ2) is 8.10. The molecule has 0 radical (unpaired) electrons. The smallest absolute Gasteiger partial charge is 0.303 e. The minimum Gasteiger partial charge on any atom is -0.476 e. The second-order valence-electron chi connectivity index (χ2n) is 7.35. The molecule has 0 aromatic carbocycles. The molecular formula is C19H23N5O7. The SMILES string of the molecule is CCOc1nc(NC(C)=O)nc2c1nc1n2[C@@H]2O[C@H](COC(C)=O)[C@@H](OC(C)=O)[C@@H]2C1. The average molecular weight is 433 g/mol. The Morgan fingerprint density at radius 2 is 1.94 bits per heavy atom. The number of nitrogens with zero attached hydrogens (tertiary/aromatic N) is 4. The van der Waals surface area contributed by atoms with Gasteiger partial charge in [-0.3, -0.25) is 24.3 Å². The van der Waals surface area contributed by atoms with Crippen LogP contribution in [0.15, 0.2) is 0 Å². The number of esters is 2. The first kappa shape index (κ1) is 21.0. The highest BCUT2D eigenvalue weighted by Crippen LogP contribution is 2.46. The van der Waals surface area contributed by atoms with Gasteiger partial charge in [0.25, 0.3) is 0 Å². The minimum atomic E-state index is -0.628. The van der Waals surface area contributed by atoms with E-state index in [2.05, 4.69) is 20.3 Å². The monoisotopic (exact) mass is 433 g/mol. The highest BCUT2D eigenvalue weighted by molar-refractivity contribution is 5.88. The van der Waals surface area contributed by atoms with Gasteiger partial charge in [-0.1, -0.05) is 0 Å². The highest BCUT2D eigenvalue weighted by atomic mass is 16.6. The fourth-order valence-corrected chi connectivity index (χ4v) is 4.02. The maximum absolute atomic E-state index is 11.7. The normalized spacial score (nSPS) is 23.9.